The Balaban J connectivity index is 0.00000232. The predicted molar refractivity (Wildman–Crippen MR) is 102 cm³/mol. The highest BCUT2D eigenvalue weighted by molar-refractivity contribution is 5.88. The number of benzene rings is 1. The lowest BCUT2D eigenvalue weighted by Crippen LogP contribution is -2.05. The van der Waals surface area contributed by atoms with Crippen LogP contribution in [0.4, 0.5) is 5.69 Å². The summed E-state index contributed by atoms with van der Waals surface area (Å²) in [6.07, 6.45) is 12.0. The Hall–Kier alpha value is -1.95. The molecule has 0 heterocycles. The molecule has 1 rings (SSSR count). The van der Waals surface area contributed by atoms with E-state index in [1.165, 1.54) is 0 Å². The maximum Gasteiger partial charge on any atom is 0.124 e. The van der Waals surface area contributed by atoms with Gasteiger partial charge in [-0.1, -0.05) is 34.1 Å². The Kier molecular flexibility index (Phi) is 11.5. The molecule has 0 aliphatic carbocycles. The first-order valence-corrected chi connectivity index (χ1v) is 8.59. The minimum Gasteiger partial charge on any atom is -0.496 e. The normalized spacial score (nSPS) is 11.5. The minimum atomic E-state index is 0.276. The number of nitrogens with two attached hydrogens (primary N) is 1. The highest BCUT2D eigenvalue weighted by Crippen LogP contribution is 2.25. The predicted octanol–water partition coefficient (Wildman–Crippen LogP) is 4.87. The van der Waals surface area contributed by atoms with Crippen molar-refractivity contribution in [2.75, 3.05) is 12.8 Å². The van der Waals surface area contributed by atoms with Gasteiger partial charge in [0, 0.05) is 30.0 Å². The number of nitrogen functional groups attached to an aromatic ring is 1. The maximum absolute atomic E-state index is 6.08. The van der Waals surface area contributed by atoms with E-state index < -0.39 is 0 Å². The molecular formula is C20H32N2O. The molecule has 128 valence electrons. The maximum atomic E-state index is 6.08. The standard InChI is InChI=1S/C18H26N2O.C2H6/c1-5-8-10-16(9-6-2)20-13-15-11-14(7-3)18(21-4)12-17(15)19;1-2/h1,11-13,16H,6-10,19H2,2-4H3;1-2H3. The number of hydrogen-bond donors (Lipinski definition) is 1. The van der Waals surface area contributed by atoms with E-state index in [0.29, 0.717) is 5.69 Å². The summed E-state index contributed by atoms with van der Waals surface area (Å²) in [7, 11) is 1.67. The molecule has 1 unspecified atom stereocenters. The van der Waals surface area contributed by atoms with E-state index in [1.54, 1.807) is 7.11 Å². The summed E-state index contributed by atoms with van der Waals surface area (Å²) in [4.78, 5) is 4.67. The van der Waals surface area contributed by atoms with Crippen molar-refractivity contribution in [1.29, 1.82) is 0 Å². The lowest BCUT2D eigenvalue weighted by atomic mass is 10.0. The van der Waals surface area contributed by atoms with Crippen LogP contribution in [0, 0.1) is 12.3 Å². The molecule has 2 N–H and O–H groups in total. The second-order valence-corrected chi connectivity index (χ2v) is 5.11. The fourth-order valence-electron chi connectivity index (χ4n) is 2.30. The minimum absolute atomic E-state index is 0.276. The van der Waals surface area contributed by atoms with Crippen LogP contribution in [0.15, 0.2) is 17.1 Å². The first-order chi connectivity index (χ1) is 11.2. The van der Waals surface area contributed by atoms with Crippen molar-refractivity contribution in [1.82, 2.24) is 0 Å². The molecule has 1 aromatic rings. The van der Waals surface area contributed by atoms with E-state index in [9.17, 15) is 0 Å². The zero-order valence-corrected chi connectivity index (χ0v) is 15.4. The SMILES string of the molecule is C#CCCC(CCC)N=Cc1cc(CC)c(OC)cc1N.CC. The lowest BCUT2D eigenvalue weighted by Gasteiger charge is -2.12. The van der Waals surface area contributed by atoms with Crippen LogP contribution in [-0.2, 0) is 6.42 Å². The Morgan fingerprint density at radius 3 is 2.52 bits per heavy atom. The van der Waals surface area contributed by atoms with Crippen molar-refractivity contribution in [2.24, 2.45) is 4.99 Å². The van der Waals surface area contributed by atoms with E-state index in [1.807, 2.05) is 26.1 Å². The Morgan fingerprint density at radius 1 is 1.30 bits per heavy atom. The van der Waals surface area contributed by atoms with Crippen molar-refractivity contribution in [3.8, 4) is 18.1 Å². The average Bonchev–Trinajstić information content (AvgIpc) is 2.59. The molecule has 0 aliphatic heterocycles. The van der Waals surface area contributed by atoms with Gasteiger partial charge in [-0.2, -0.15) is 0 Å². The zero-order valence-electron chi connectivity index (χ0n) is 15.4. The summed E-state index contributed by atoms with van der Waals surface area (Å²) < 4.78 is 5.34. The molecule has 0 amide bonds. The highest BCUT2D eigenvalue weighted by Gasteiger charge is 2.08. The molecule has 0 aromatic heterocycles. The van der Waals surface area contributed by atoms with Crippen molar-refractivity contribution < 1.29 is 4.74 Å². The molecule has 0 radical (unpaired) electrons. The molecule has 0 aliphatic rings. The van der Waals surface area contributed by atoms with Crippen molar-refractivity contribution in [3.63, 3.8) is 0 Å². The molecular weight excluding hydrogens is 284 g/mol. The lowest BCUT2D eigenvalue weighted by molar-refractivity contribution is 0.410. The van der Waals surface area contributed by atoms with Gasteiger partial charge in [-0.15, -0.1) is 12.3 Å². The summed E-state index contributed by atoms with van der Waals surface area (Å²) >= 11 is 0. The van der Waals surface area contributed by atoms with Crippen molar-refractivity contribution >= 4 is 11.9 Å². The molecule has 3 nitrogen and oxygen atoms in total. The van der Waals surface area contributed by atoms with Crippen LogP contribution in [-0.4, -0.2) is 19.4 Å². The Labute approximate surface area is 142 Å². The molecule has 23 heavy (non-hydrogen) atoms. The van der Waals surface area contributed by atoms with Gasteiger partial charge in [0.1, 0.15) is 5.75 Å². The van der Waals surface area contributed by atoms with Crippen LogP contribution in [0.2, 0.25) is 0 Å². The number of nitrogens with zero attached hydrogens (tertiary/aromatic N) is 1. The molecule has 0 fully saturated rings. The van der Waals surface area contributed by atoms with Gasteiger partial charge in [0.25, 0.3) is 0 Å². The largest absolute Gasteiger partial charge is 0.496 e. The van der Waals surface area contributed by atoms with Gasteiger partial charge in [-0.05, 0) is 30.9 Å². The topological polar surface area (TPSA) is 47.6 Å². The van der Waals surface area contributed by atoms with E-state index in [2.05, 4.69) is 30.8 Å². The molecule has 1 atom stereocenters. The van der Waals surface area contributed by atoms with Crippen LogP contribution < -0.4 is 10.5 Å². The molecule has 0 bridgehead atoms. The first kappa shape index (κ1) is 21.0. The van der Waals surface area contributed by atoms with E-state index in [0.717, 1.165) is 49.0 Å². The first-order valence-electron chi connectivity index (χ1n) is 8.59. The highest BCUT2D eigenvalue weighted by atomic mass is 16.5. The van der Waals surface area contributed by atoms with E-state index in [4.69, 9.17) is 16.9 Å². The third-order valence-electron chi connectivity index (χ3n) is 3.54. The molecule has 1 aromatic carbocycles. The summed E-state index contributed by atoms with van der Waals surface area (Å²) in [6, 6.07) is 4.20. The summed E-state index contributed by atoms with van der Waals surface area (Å²) in [5.41, 5.74) is 8.87. The summed E-state index contributed by atoms with van der Waals surface area (Å²) in [5.74, 6) is 3.52. The van der Waals surface area contributed by atoms with Gasteiger partial charge in [-0.3, -0.25) is 4.99 Å². The van der Waals surface area contributed by atoms with Gasteiger partial charge >= 0.3 is 0 Å². The smallest absolute Gasteiger partial charge is 0.124 e. The molecule has 0 saturated carbocycles. The van der Waals surface area contributed by atoms with Gasteiger partial charge in [0.15, 0.2) is 0 Å². The van der Waals surface area contributed by atoms with Gasteiger partial charge in [-0.25, -0.2) is 0 Å². The molecule has 3 heteroatoms. The monoisotopic (exact) mass is 316 g/mol. The van der Waals surface area contributed by atoms with Crippen LogP contribution in [0.5, 0.6) is 5.75 Å². The second-order valence-electron chi connectivity index (χ2n) is 5.11. The Bertz CT molecular complexity index is 515. The molecule has 0 spiro atoms. The van der Waals surface area contributed by atoms with Crippen LogP contribution in [0.25, 0.3) is 0 Å². The van der Waals surface area contributed by atoms with Crippen LogP contribution >= 0.6 is 0 Å². The number of terminal acetylenes is 1. The van der Waals surface area contributed by atoms with Gasteiger partial charge in [0.05, 0.1) is 13.2 Å². The van der Waals surface area contributed by atoms with Crippen LogP contribution in [0.3, 0.4) is 0 Å². The molecule has 0 saturated heterocycles. The Morgan fingerprint density at radius 2 is 2.00 bits per heavy atom. The van der Waals surface area contributed by atoms with Crippen molar-refractivity contribution in [3.05, 3.63) is 23.3 Å². The van der Waals surface area contributed by atoms with Gasteiger partial charge in [0.2, 0.25) is 0 Å². The summed E-state index contributed by atoms with van der Waals surface area (Å²) in [5, 5.41) is 0. The number of ether oxygens (including phenoxy) is 1. The number of methoxy groups -OCH3 is 1. The number of hydrogen-bond acceptors (Lipinski definition) is 3. The third kappa shape index (κ3) is 7.23. The fraction of sp³-hybridized carbons (Fsp3) is 0.550. The van der Waals surface area contributed by atoms with E-state index in [-0.39, 0.29) is 6.04 Å². The fourth-order valence-corrected chi connectivity index (χ4v) is 2.30. The number of aliphatic imine (C=N–C) groups is 1. The number of rotatable bonds is 8. The second kappa shape index (κ2) is 12.6. The third-order valence-corrected chi connectivity index (χ3v) is 3.54. The zero-order chi connectivity index (χ0) is 17.7. The number of anilines is 1. The van der Waals surface area contributed by atoms with E-state index >= 15 is 0 Å². The summed E-state index contributed by atoms with van der Waals surface area (Å²) in [6.45, 7) is 8.26. The van der Waals surface area contributed by atoms with Crippen molar-refractivity contribution in [2.45, 2.75) is 65.8 Å². The number of aryl methyl sites for hydroxylation is 1. The van der Waals surface area contributed by atoms with Crippen LogP contribution in [0.1, 0.15) is 64.5 Å². The van der Waals surface area contributed by atoms with Gasteiger partial charge < -0.3 is 10.5 Å². The average molecular weight is 316 g/mol. The quantitative estimate of drug-likeness (QED) is 0.422.